The van der Waals surface area contributed by atoms with Crippen LogP contribution in [-0.2, 0) is 6.61 Å². The Balaban J connectivity index is 1.57. The van der Waals surface area contributed by atoms with Crippen molar-refractivity contribution < 1.29 is 9.53 Å². The van der Waals surface area contributed by atoms with Crippen LogP contribution in [0.4, 0.5) is 10.6 Å². The van der Waals surface area contributed by atoms with Gasteiger partial charge in [-0.25, -0.2) is 14.8 Å². The van der Waals surface area contributed by atoms with Gasteiger partial charge in [0.2, 0.25) is 0 Å². The van der Waals surface area contributed by atoms with Gasteiger partial charge in [-0.3, -0.25) is 5.32 Å². The van der Waals surface area contributed by atoms with E-state index >= 15 is 0 Å². The molecule has 1 saturated carbocycles. The molecule has 1 aliphatic carbocycles. The van der Waals surface area contributed by atoms with E-state index in [1.165, 1.54) is 25.2 Å². The summed E-state index contributed by atoms with van der Waals surface area (Å²) < 4.78 is 5.71. The monoisotopic (exact) mass is 374 g/mol. The summed E-state index contributed by atoms with van der Waals surface area (Å²) >= 11 is 5.88. The minimum absolute atomic E-state index is 0.215. The topological polar surface area (TPSA) is 76.1 Å². The Bertz CT molecular complexity index is 716. The predicted octanol–water partition coefficient (Wildman–Crippen LogP) is 4.55. The average Bonchev–Trinajstić information content (AvgIpc) is 2.91. The van der Waals surface area contributed by atoms with Gasteiger partial charge in [-0.2, -0.15) is 0 Å². The molecule has 2 N–H and O–H groups in total. The summed E-state index contributed by atoms with van der Waals surface area (Å²) in [6.45, 7) is 0.314. The van der Waals surface area contributed by atoms with Crippen LogP contribution in [0.25, 0.3) is 0 Å². The Morgan fingerprint density at radius 2 is 1.77 bits per heavy atom. The Morgan fingerprint density at radius 3 is 2.50 bits per heavy atom. The molecule has 1 aromatic carbocycles. The molecule has 6 nitrogen and oxygen atoms in total. The number of nitrogens with one attached hydrogen (secondary N) is 2. The van der Waals surface area contributed by atoms with Crippen LogP contribution in [0.3, 0.4) is 0 Å². The number of carbonyl (C=O) groups excluding carboxylic acids is 1. The van der Waals surface area contributed by atoms with Crippen LogP contribution in [0.15, 0.2) is 36.7 Å². The molecule has 7 heteroatoms. The Morgan fingerprint density at radius 1 is 1.08 bits per heavy atom. The molecule has 1 heterocycles. The molecule has 0 aliphatic heterocycles. The van der Waals surface area contributed by atoms with Crippen molar-refractivity contribution in [2.75, 3.05) is 5.32 Å². The first-order chi connectivity index (χ1) is 12.7. The Labute approximate surface area is 158 Å². The molecule has 2 aromatic rings. The lowest BCUT2D eigenvalue weighted by Gasteiger charge is -2.17. The second-order valence-electron chi connectivity index (χ2n) is 6.41. The number of benzene rings is 1. The van der Waals surface area contributed by atoms with Crippen LogP contribution < -0.4 is 15.4 Å². The van der Waals surface area contributed by atoms with Crippen LogP contribution in [-0.4, -0.2) is 22.0 Å². The standard InChI is InChI=1S/C19H23ClN4O2/c20-15-9-7-14(8-10-15)13-26-18-17(21-11-12-22-18)24-19(25)23-16-5-3-1-2-4-6-16/h7-12,16H,1-6,13H2,(H2,21,23,24,25). The maximum absolute atomic E-state index is 12.3. The van der Waals surface area contributed by atoms with Crippen LogP contribution in [0.5, 0.6) is 5.88 Å². The first kappa shape index (κ1) is 18.5. The van der Waals surface area contributed by atoms with Crippen LogP contribution in [0, 0.1) is 0 Å². The van der Waals surface area contributed by atoms with Gasteiger partial charge >= 0.3 is 6.03 Å². The van der Waals surface area contributed by atoms with E-state index in [0.29, 0.717) is 23.3 Å². The van der Waals surface area contributed by atoms with Crippen molar-refractivity contribution in [1.82, 2.24) is 15.3 Å². The van der Waals surface area contributed by atoms with Crippen molar-refractivity contribution in [3.8, 4) is 5.88 Å². The zero-order valence-corrected chi connectivity index (χ0v) is 15.3. The summed E-state index contributed by atoms with van der Waals surface area (Å²) in [6.07, 6.45) is 9.90. The Hall–Kier alpha value is -2.34. The predicted molar refractivity (Wildman–Crippen MR) is 101 cm³/mol. The number of nitrogens with zero attached hydrogens (tertiary/aromatic N) is 2. The van der Waals surface area contributed by atoms with Crippen molar-refractivity contribution in [2.45, 2.75) is 51.2 Å². The first-order valence-corrected chi connectivity index (χ1v) is 9.34. The molecule has 26 heavy (non-hydrogen) atoms. The molecule has 0 spiro atoms. The maximum atomic E-state index is 12.3. The number of halogens is 1. The molecule has 0 unspecified atom stereocenters. The van der Waals surface area contributed by atoms with Crippen LogP contribution in [0.1, 0.15) is 44.1 Å². The number of urea groups is 1. The fourth-order valence-electron chi connectivity index (χ4n) is 3.00. The minimum Gasteiger partial charge on any atom is -0.470 e. The molecule has 0 saturated heterocycles. The van der Waals surface area contributed by atoms with Gasteiger partial charge in [-0.15, -0.1) is 0 Å². The smallest absolute Gasteiger partial charge is 0.320 e. The third-order valence-electron chi connectivity index (χ3n) is 4.38. The summed E-state index contributed by atoms with van der Waals surface area (Å²) in [7, 11) is 0. The van der Waals surface area contributed by atoms with Gasteiger partial charge in [0, 0.05) is 23.5 Å². The van der Waals surface area contributed by atoms with E-state index in [2.05, 4.69) is 20.6 Å². The second-order valence-corrected chi connectivity index (χ2v) is 6.85. The molecule has 2 amide bonds. The molecule has 0 bridgehead atoms. The zero-order chi connectivity index (χ0) is 18.2. The van der Waals surface area contributed by atoms with Gasteiger partial charge in [0.25, 0.3) is 5.88 Å². The van der Waals surface area contributed by atoms with E-state index in [-0.39, 0.29) is 12.1 Å². The molecule has 0 atom stereocenters. The van der Waals surface area contributed by atoms with Crippen molar-refractivity contribution in [3.63, 3.8) is 0 Å². The van der Waals surface area contributed by atoms with Crippen molar-refractivity contribution in [2.24, 2.45) is 0 Å². The quantitative estimate of drug-likeness (QED) is 0.752. The number of ether oxygens (including phenoxy) is 1. The van der Waals surface area contributed by atoms with Gasteiger partial charge in [-0.1, -0.05) is 49.4 Å². The fourth-order valence-corrected chi connectivity index (χ4v) is 3.13. The van der Waals surface area contributed by atoms with E-state index in [4.69, 9.17) is 16.3 Å². The number of anilines is 1. The molecular formula is C19H23ClN4O2. The normalized spacial score (nSPS) is 15.1. The third-order valence-corrected chi connectivity index (χ3v) is 4.63. The van der Waals surface area contributed by atoms with Crippen LogP contribution >= 0.6 is 11.6 Å². The number of carbonyl (C=O) groups is 1. The molecule has 1 aromatic heterocycles. The van der Waals surface area contributed by atoms with Crippen molar-refractivity contribution in [1.29, 1.82) is 0 Å². The summed E-state index contributed by atoms with van der Waals surface area (Å²) in [5.41, 5.74) is 0.953. The van der Waals surface area contributed by atoms with E-state index in [1.807, 2.05) is 12.1 Å². The van der Waals surface area contributed by atoms with Gasteiger partial charge in [-0.05, 0) is 30.5 Å². The summed E-state index contributed by atoms with van der Waals surface area (Å²) in [5.74, 6) is 0.603. The SMILES string of the molecule is O=C(Nc1nccnc1OCc1ccc(Cl)cc1)NC1CCCCCC1. The molecule has 1 aliphatic rings. The average molecular weight is 375 g/mol. The number of rotatable bonds is 5. The number of hydrogen-bond donors (Lipinski definition) is 2. The molecule has 1 fully saturated rings. The molecule has 138 valence electrons. The summed E-state index contributed by atoms with van der Waals surface area (Å²) in [4.78, 5) is 20.6. The van der Waals surface area contributed by atoms with Gasteiger partial charge < -0.3 is 10.1 Å². The maximum Gasteiger partial charge on any atom is 0.320 e. The third kappa shape index (κ3) is 5.59. The second kappa shape index (κ2) is 9.38. The number of hydrogen-bond acceptors (Lipinski definition) is 4. The van der Waals surface area contributed by atoms with Gasteiger partial charge in [0.1, 0.15) is 6.61 Å². The van der Waals surface area contributed by atoms with Gasteiger partial charge in [0.15, 0.2) is 5.82 Å². The van der Waals surface area contributed by atoms with Gasteiger partial charge in [0.05, 0.1) is 0 Å². The minimum atomic E-state index is -0.270. The highest BCUT2D eigenvalue weighted by Gasteiger charge is 2.16. The molecule has 3 rings (SSSR count). The molecular weight excluding hydrogens is 352 g/mol. The van der Waals surface area contributed by atoms with Crippen molar-refractivity contribution >= 4 is 23.4 Å². The van der Waals surface area contributed by atoms with Crippen LogP contribution in [0.2, 0.25) is 5.02 Å². The highest BCUT2D eigenvalue weighted by molar-refractivity contribution is 6.30. The fraction of sp³-hybridized carbons (Fsp3) is 0.421. The Kier molecular flexibility index (Phi) is 6.66. The summed E-state index contributed by atoms with van der Waals surface area (Å²) in [5, 5.41) is 6.45. The lowest BCUT2D eigenvalue weighted by molar-refractivity contribution is 0.246. The highest BCUT2D eigenvalue weighted by Crippen LogP contribution is 2.20. The van der Waals surface area contributed by atoms with E-state index < -0.39 is 0 Å². The van der Waals surface area contributed by atoms with E-state index in [1.54, 1.807) is 12.1 Å². The van der Waals surface area contributed by atoms with E-state index in [9.17, 15) is 4.79 Å². The molecule has 0 radical (unpaired) electrons. The summed E-state index contributed by atoms with van der Waals surface area (Å²) in [6, 6.07) is 7.31. The van der Waals surface area contributed by atoms with Crippen molar-refractivity contribution in [3.05, 3.63) is 47.2 Å². The van der Waals surface area contributed by atoms with E-state index in [0.717, 1.165) is 31.2 Å². The zero-order valence-electron chi connectivity index (χ0n) is 14.6. The lowest BCUT2D eigenvalue weighted by Crippen LogP contribution is -2.37. The lowest BCUT2D eigenvalue weighted by atomic mass is 10.1. The largest absolute Gasteiger partial charge is 0.470 e. The first-order valence-electron chi connectivity index (χ1n) is 8.96. The highest BCUT2D eigenvalue weighted by atomic mass is 35.5. The number of amides is 2. The number of aromatic nitrogens is 2.